The SMILES string of the molecule is Cc1c(C(=O)N2CCC3CC=CC=C3C2)c(C(N)=O)nn1-c1ccccc1. The van der Waals surface area contributed by atoms with Gasteiger partial charge in [-0.3, -0.25) is 9.59 Å². The highest BCUT2D eigenvalue weighted by Gasteiger charge is 2.32. The maximum atomic E-state index is 13.3. The number of amides is 2. The molecule has 1 aliphatic heterocycles. The van der Waals surface area contributed by atoms with Gasteiger partial charge in [-0.25, -0.2) is 4.68 Å². The number of hydrogen-bond acceptors (Lipinski definition) is 3. The highest BCUT2D eigenvalue weighted by molar-refractivity contribution is 6.06. The Labute approximate surface area is 158 Å². The Balaban J connectivity index is 1.71. The molecule has 27 heavy (non-hydrogen) atoms. The van der Waals surface area contributed by atoms with E-state index in [0.717, 1.165) is 18.5 Å². The van der Waals surface area contributed by atoms with E-state index >= 15 is 0 Å². The van der Waals surface area contributed by atoms with Crippen LogP contribution < -0.4 is 5.73 Å². The predicted molar refractivity (Wildman–Crippen MR) is 103 cm³/mol. The molecule has 1 aromatic carbocycles. The van der Waals surface area contributed by atoms with E-state index in [2.05, 4.69) is 17.3 Å². The Bertz CT molecular complexity index is 956. The Morgan fingerprint density at radius 1 is 1.22 bits per heavy atom. The van der Waals surface area contributed by atoms with Crippen molar-refractivity contribution >= 4 is 11.8 Å². The van der Waals surface area contributed by atoms with Crippen molar-refractivity contribution in [3.63, 3.8) is 0 Å². The van der Waals surface area contributed by atoms with Crippen LogP contribution in [0.1, 0.15) is 39.4 Å². The number of piperidine rings is 1. The number of nitrogens with two attached hydrogens (primary N) is 1. The lowest BCUT2D eigenvalue weighted by Crippen LogP contribution is -2.41. The van der Waals surface area contributed by atoms with Gasteiger partial charge >= 0.3 is 0 Å². The quantitative estimate of drug-likeness (QED) is 0.911. The molecule has 0 saturated carbocycles. The summed E-state index contributed by atoms with van der Waals surface area (Å²) >= 11 is 0. The molecule has 0 bridgehead atoms. The van der Waals surface area contributed by atoms with Crippen LogP contribution in [-0.4, -0.2) is 39.6 Å². The number of allylic oxidation sites excluding steroid dienone is 3. The molecule has 2 aliphatic rings. The van der Waals surface area contributed by atoms with E-state index in [1.165, 1.54) is 5.57 Å². The van der Waals surface area contributed by atoms with Crippen molar-refractivity contribution in [1.82, 2.24) is 14.7 Å². The standard InChI is InChI=1S/C21H22N4O2/c1-14-18(19(20(22)26)23-25(14)17-9-3-2-4-10-17)21(27)24-12-11-15-7-5-6-8-16(15)13-24/h2-6,8-10,15H,7,11-13H2,1H3,(H2,22,26). The molecule has 1 aliphatic carbocycles. The zero-order valence-electron chi connectivity index (χ0n) is 15.3. The minimum atomic E-state index is -0.689. The Kier molecular flexibility index (Phi) is 4.39. The third-order valence-corrected chi connectivity index (χ3v) is 5.36. The number of fused-ring (bicyclic) bond motifs is 1. The maximum absolute atomic E-state index is 13.3. The van der Waals surface area contributed by atoms with Crippen LogP contribution in [0.5, 0.6) is 0 Å². The molecule has 2 heterocycles. The first-order chi connectivity index (χ1) is 13.1. The molecule has 4 rings (SSSR count). The molecule has 0 spiro atoms. The molecule has 2 aromatic rings. The second-order valence-corrected chi connectivity index (χ2v) is 7.04. The Morgan fingerprint density at radius 3 is 2.74 bits per heavy atom. The summed E-state index contributed by atoms with van der Waals surface area (Å²) in [6, 6.07) is 9.43. The molecule has 6 nitrogen and oxygen atoms in total. The number of aromatic nitrogens is 2. The zero-order valence-corrected chi connectivity index (χ0v) is 15.3. The summed E-state index contributed by atoms with van der Waals surface area (Å²) in [5.74, 6) is -0.356. The number of carbonyl (C=O) groups excluding carboxylic acids is 2. The van der Waals surface area contributed by atoms with Crippen LogP contribution in [-0.2, 0) is 0 Å². The third-order valence-electron chi connectivity index (χ3n) is 5.36. The molecule has 6 heteroatoms. The Morgan fingerprint density at radius 2 is 2.00 bits per heavy atom. The van der Waals surface area contributed by atoms with Crippen molar-refractivity contribution in [2.75, 3.05) is 13.1 Å². The van der Waals surface area contributed by atoms with Crippen LogP contribution in [0.25, 0.3) is 5.69 Å². The number of para-hydroxylation sites is 1. The fourth-order valence-electron chi connectivity index (χ4n) is 3.90. The third kappa shape index (κ3) is 3.07. The van der Waals surface area contributed by atoms with E-state index in [9.17, 15) is 9.59 Å². The van der Waals surface area contributed by atoms with Gasteiger partial charge in [0.05, 0.1) is 16.9 Å². The van der Waals surface area contributed by atoms with Crippen molar-refractivity contribution in [3.05, 3.63) is 71.1 Å². The van der Waals surface area contributed by atoms with Crippen LogP contribution in [0.2, 0.25) is 0 Å². The van der Waals surface area contributed by atoms with E-state index < -0.39 is 5.91 Å². The highest BCUT2D eigenvalue weighted by atomic mass is 16.2. The van der Waals surface area contributed by atoms with Crippen LogP contribution in [0.15, 0.2) is 54.1 Å². The molecule has 1 aromatic heterocycles. The van der Waals surface area contributed by atoms with Crippen molar-refractivity contribution < 1.29 is 9.59 Å². The van der Waals surface area contributed by atoms with Gasteiger partial charge < -0.3 is 10.6 Å². The topological polar surface area (TPSA) is 81.2 Å². The minimum absolute atomic E-state index is 0.0287. The number of benzene rings is 1. The lowest BCUT2D eigenvalue weighted by atomic mass is 9.85. The molecular weight excluding hydrogens is 340 g/mol. The second kappa shape index (κ2) is 6.87. The summed E-state index contributed by atoms with van der Waals surface area (Å²) in [7, 11) is 0. The first-order valence-electron chi connectivity index (χ1n) is 9.16. The highest BCUT2D eigenvalue weighted by Crippen LogP contribution is 2.30. The molecule has 0 radical (unpaired) electrons. The predicted octanol–water partition coefficient (Wildman–Crippen LogP) is 2.63. The van der Waals surface area contributed by atoms with Crippen molar-refractivity contribution in [1.29, 1.82) is 0 Å². The van der Waals surface area contributed by atoms with Gasteiger partial charge in [0.2, 0.25) is 0 Å². The fraction of sp³-hybridized carbons (Fsp3) is 0.286. The first kappa shape index (κ1) is 17.3. The minimum Gasteiger partial charge on any atom is -0.364 e. The van der Waals surface area contributed by atoms with Gasteiger partial charge in [0.15, 0.2) is 5.69 Å². The number of primary amides is 1. The summed E-state index contributed by atoms with van der Waals surface area (Å²) in [5.41, 5.74) is 8.55. The lowest BCUT2D eigenvalue weighted by molar-refractivity contribution is 0.0729. The number of likely N-dealkylation sites (tertiary alicyclic amines) is 1. The summed E-state index contributed by atoms with van der Waals surface area (Å²) < 4.78 is 1.61. The van der Waals surface area contributed by atoms with Gasteiger partial charge in [-0.05, 0) is 43.4 Å². The molecule has 1 atom stereocenters. The van der Waals surface area contributed by atoms with E-state index in [1.54, 1.807) is 16.5 Å². The molecule has 2 N–H and O–H groups in total. The van der Waals surface area contributed by atoms with Crippen molar-refractivity contribution in [2.24, 2.45) is 11.7 Å². The number of hydrogen-bond donors (Lipinski definition) is 1. The molecule has 2 amide bonds. The molecule has 1 unspecified atom stereocenters. The Hall–Kier alpha value is -3.15. The maximum Gasteiger partial charge on any atom is 0.270 e. The monoisotopic (exact) mass is 362 g/mol. The molecule has 1 fully saturated rings. The van der Waals surface area contributed by atoms with Gasteiger partial charge in [-0.1, -0.05) is 36.4 Å². The van der Waals surface area contributed by atoms with Crippen LogP contribution in [0.3, 0.4) is 0 Å². The van der Waals surface area contributed by atoms with Crippen LogP contribution >= 0.6 is 0 Å². The van der Waals surface area contributed by atoms with Gasteiger partial charge in [0.25, 0.3) is 11.8 Å². The average Bonchev–Trinajstić information content (AvgIpc) is 3.05. The van der Waals surface area contributed by atoms with Crippen molar-refractivity contribution in [3.8, 4) is 5.69 Å². The van der Waals surface area contributed by atoms with Gasteiger partial charge in [0, 0.05) is 13.1 Å². The van der Waals surface area contributed by atoms with Crippen molar-refractivity contribution in [2.45, 2.75) is 19.8 Å². The van der Waals surface area contributed by atoms with Gasteiger partial charge in [-0.15, -0.1) is 0 Å². The van der Waals surface area contributed by atoms with E-state index in [4.69, 9.17) is 5.73 Å². The smallest absolute Gasteiger partial charge is 0.270 e. The number of carbonyl (C=O) groups is 2. The van der Waals surface area contributed by atoms with Gasteiger partial charge in [0.1, 0.15) is 0 Å². The van der Waals surface area contributed by atoms with Crippen LogP contribution in [0.4, 0.5) is 0 Å². The summed E-state index contributed by atoms with van der Waals surface area (Å²) in [6.45, 7) is 3.06. The zero-order chi connectivity index (χ0) is 19.0. The summed E-state index contributed by atoms with van der Waals surface area (Å²) in [6.07, 6.45) is 8.28. The van der Waals surface area contributed by atoms with E-state index in [0.29, 0.717) is 30.3 Å². The molecule has 138 valence electrons. The van der Waals surface area contributed by atoms with E-state index in [-0.39, 0.29) is 11.6 Å². The summed E-state index contributed by atoms with van der Waals surface area (Å²) in [5, 5.41) is 4.35. The van der Waals surface area contributed by atoms with E-state index in [1.807, 2.05) is 36.4 Å². The fourth-order valence-corrected chi connectivity index (χ4v) is 3.90. The normalized spacial score (nSPS) is 18.8. The largest absolute Gasteiger partial charge is 0.364 e. The summed E-state index contributed by atoms with van der Waals surface area (Å²) in [4.78, 5) is 27.1. The molecule has 1 saturated heterocycles. The number of nitrogens with zero attached hydrogens (tertiary/aromatic N) is 3. The number of rotatable bonds is 3. The molecular formula is C21H22N4O2. The first-order valence-corrected chi connectivity index (χ1v) is 9.16. The van der Waals surface area contributed by atoms with Crippen LogP contribution in [0, 0.1) is 12.8 Å². The average molecular weight is 362 g/mol. The second-order valence-electron chi connectivity index (χ2n) is 7.04. The lowest BCUT2D eigenvalue weighted by Gasteiger charge is -2.35. The van der Waals surface area contributed by atoms with Gasteiger partial charge in [-0.2, -0.15) is 5.10 Å².